The Morgan fingerprint density at radius 2 is 1.97 bits per heavy atom. The van der Waals surface area contributed by atoms with E-state index in [0.717, 1.165) is 35.3 Å². The van der Waals surface area contributed by atoms with Crippen LogP contribution in [0.5, 0.6) is 17.2 Å². The predicted molar refractivity (Wildman–Crippen MR) is 142 cm³/mol. The van der Waals surface area contributed by atoms with E-state index in [1.807, 2.05) is 66.7 Å². The first-order chi connectivity index (χ1) is 17.6. The van der Waals surface area contributed by atoms with Crippen LogP contribution in [0.15, 0.2) is 77.3 Å². The number of hydrogen-bond donors (Lipinski definition) is 1. The average Bonchev–Trinajstić information content (AvgIpc) is 3.49. The molecular weight excluding hydrogens is 476 g/mol. The van der Waals surface area contributed by atoms with Gasteiger partial charge in [-0.2, -0.15) is 4.98 Å². The number of halogens is 1. The molecule has 1 N–H and O–H groups in total. The molecule has 1 aliphatic rings. The molecule has 7 nitrogen and oxygen atoms in total. The average molecular weight is 501 g/mol. The molecule has 3 heterocycles. The number of likely N-dealkylation sites (tertiary alicyclic amines) is 1. The summed E-state index contributed by atoms with van der Waals surface area (Å²) in [5.41, 5.74) is 2.99. The molecule has 0 saturated carbocycles. The summed E-state index contributed by atoms with van der Waals surface area (Å²) >= 11 is 6.38. The van der Waals surface area contributed by atoms with Crippen molar-refractivity contribution in [3.63, 3.8) is 0 Å². The van der Waals surface area contributed by atoms with Crippen LogP contribution >= 0.6 is 11.6 Å². The van der Waals surface area contributed by atoms with E-state index >= 15 is 0 Å². The first-order valence-corrected chi connectivity index (χ1v) is 12.3. The second kappa shape index (κ2) is 9.68. The first kappa shape index (κ1) is 22.6. The molecule has 3 aromatic carbocycles. The number of nitrogens with one attached hydrogen (secondary N) is 1. The number of ether oxygens (including phenoxy) is 2. The number of nitrogens with zero attached hydrogens (tertiary/aromatic N) is 3. The molecule has 8 heteroatoms. The first-order valence-electron chi connectivity index (χ1n) is 11.9. The lowest BCUT2D eigenvalue weighted by atomic mass is 10.2. The molecule has 0 bridgehead atoms. The lowest BCUT2D eigenvalue weighted by molar-refractivity contribution is 0.198. The summed E-state index contributed by atoms with van der Waals surface area (Å²) in [6.45, 7) is 1.71. The van der Waals surface area contributed by atoms with Crippen LogP contribution in [0.2, 0.25) is 5.02 Å². The third kappa shape index (κ3) is 4.67. The molecule has 0 aliphatic carbocycles. The minimum atomic E-state index is 0.375. The summed E-state index contributed by atoms with van der Waals surface area (Å²) in [7, 11) is 2.13. The monoisotopic (exact) mass is 500 g/mol. The van der Waals surface area contributed by atoms with Crippen molar-refractivity contribution >= 4 is 45.3 Å². The molecule has 1 aliphatic heterocycles. The standard InChI is InChI=1S/C28H25ClN4O3/c1-33-14-4-5-19(33)17-34-27-15-18(8-10-22(27)29)31-28-32-24-16-20(9-11-26(24)36-28)35-25-12-13-30-23-7-3-2-6-21(23)25/h2-3,6-13,15-16,19H,4-5,14,17H2,1H3,(H,31,32). The van der Waals surface area contributed by atoms with Crippen molar-refractivity contribution in [2.45, 2.75) is 18.9 Å². The molecule has 1 saturated heterocycles. The van der Waals surface area contributed by atoms with Crippen molar-refractivity contribution in [3.8, 4) is 17.2 Å². The van der Waals surface area contributed by atoms with Gasteiger partial charge in [-0.25, -0.2) is 0 Å². The molecular formula is C28H25ClN4O3. The quantitative estimate of drug-likeness (QED) is 0.257. The highest BCUT2D eigenvalue weighted by molar-refractivity contribution is 6.32. The van der Waals surface area contributed by atoms with Gasteiger partial charge in [-0.15, -0.1) is 0 Å². The molecule has 6 rings (SSSR count). The zero-order valence-corrected chi connectivity index (χ0v) is 20.5. The summed E-state index contributed by atoms with van der Waals surface area (Å²) in [5.74, 6) is 2.04. The fraction of sp³-hybridized carbons (Fsp3) is 0.214. The molecule has 0 radical (unpaired) electrons. The van der Waals surface area contributed by atoms with Crippen LogP contribution in [0.4, 0.5) is 11.7 Å². The number of anilines is 2. The van der Waals surface area contributed by atoms with Gasteiger partial charge >= 0.3 is 0 Å². The normalized spacial score (nSPS) is 16.0. The molecule has 0 spiro atoms. The van der Waals surface area contributed by atoms with Crippen molar-refractivity contribution in [3.05, 3.63) is 77.9 Å². The molecule has 182 valence electrons. The smallest absolute Gasteiger partial charge is 0.300 e. The fourth-order valence-corrected chi connectivity index (χ4v) is 4.67. The Bertz CT molecular complexity index is 1530. The highest BCUT2D eigenvalue weighted by Crippen LogP contribution is 2.33. The van der Waals surface area contributed by atoms with Gasteiger partial charge in [0.25, 0.3) is 6.01 Å². The Labute approximate surface area is 213 Å². The van der Waals surface area contributed by atoms with Gasteiger partial charge in [0.1, 0.15) is 29.4 Å². The lowest BCUT2D eigenvalue weighted by Crippen LogP contribution is -2.30. The van der Waals surface area contributed by atoms with Crippen LogP contribution in [0.1, 0.15) is 12.8 Å². The second-order valence-electron chi connectivity index (χ2n) is 8.93. The maximum absolute atomic E-state index is 6.38. The lowest BCUT2D eigenvalue weighted by Gasteiger charge is -2.20. The fourth-order valence-electron chi connectivity index (χ4n) is 4.50. The SMILES string of the molecule is CN1CCCC1COc1cc(Nc2nc3cc(Oc4ccnc5ccccc45)ccc3o2)ccc1Cl. The van der Waals surface area contributed by atoms with E-state index in [4.69, 9.17) is 25.5 Å². The van der Waals surface area contributed by atoms with Crippen LogP contribution < -0.4 is 14.8 Å². The Balaban J connectivity index is 1.19. The minimum absolute atomic E-state index is 0.375. The van der Waals surface area contributed by atoms with Gasteiger partial charge in [0.05, 0.1) is 10.5 Å². The molecule has 1 unspecified atom stereocenters. The topological polar surface area (TPSA) is 72.7 Å². The third-order valence-electron chi connectivity index (χ3n) is 6.48. The Kier molecular flexibility index (Phi) is 6.09. The number of rotatable bonds is 7. The van der Waals surface area contributed by atoms with E-state index in [2.05, 4.69) is 27.2 Å². The summed E-state index contributed by atoms with van der Waals surface area (Å²) in [6, 6.07) is 21.6. The number of para-hydroxylation sites is 1. The number of aromatic nitrogens is 2. The van der Waals surface area contributed by atoms with E-state index < -0.39 is 0 Å². The Morgan fingerprint density at radius 3 is 2.86 bits per heavy atom. The van der Waals surface area contributed by atoms with Gasteiger partial charge < -0.3 is 24.1 Å². The second-order valence-corrected chi connectivity index (χ2v) is 9.34. The van der Waals surface area contributed by atoms with Crippen molar-refractivity contribution in [2.75, 3.05) is 25.5 Å². The molecule has 1 fully saturated rings. The number of likely N-dealkylation sites (N-methyl/N-ethyl adjacent to an activating group) is 1. The third-order valence-corrected chi connectivity index (χ3v) is 6.79. The van der Waals surface area contributed by atoms with Gasteiger partial charge in [0.2, 0.25) is 0 Å². The molecule has 0 amide bonds. The van der Waals surface area contributed by atoms with Crippen LogP contribution in [0.25, 0.3) is 22.0 Å². The Hall–Kier alpha value is -3.81. The van der Waals surface area contributed by atoms with Crippen LogP contribution in [-0.2, 0) is 0 Å². The van der Waals surface area contributed by atoms with Crippen LogP contribution in [0, 0.1) is 0 Å². The van der Waals surface area contributed by atoms with Crippen molar-refractivity contribution in [2.24, 2.45) is 0 Å². The van der Waals surface area contributed by atoms with Gasteiger partial charge in [0, 0.05) is 35.4 Å². The zero-order chi connectivity index (χ0) is 24.5. The predicted octanol–water partition coefficient (Wildman–Crippen LogP) is 7.04. The number of pyridine rings is 1. The largest absolute Gasteiger partial charge is 0.490 e. The maximum atomic E-state index is 6.38. The van der Waals surface area contributed by atoms with Crippen molar-refractivity contribution in [1.82, 2.24) is 14.9 Å². The summed E-state index contributed by atoms with van der Waals surface area (Å²) in [4.78, 5) is 11.3. The van der Waals surface area contributed by atoms with E-state index in [-0.39, 0.29) is 0 Å². The van der Waals surface area contributed by atoms with E-state index in [0.29, 0.717) is 46.3 Å². The maximum Gasteiger partial charge on any atom is 0.300 e. The van der Waals surface area contributed by atoms with Gasteiger partial charge in [-0.05, 0) is 68.9 Å². The molecule has 1 atom stereocenters. The Morgan fingerprint density at radius 1 is 1.06 bits per heavy atom. The summed E-state index contributed by atoms with van der Waals surface area (Å²) < 4.78 is 18.1. The number of fused-ring (bicyclic) bond motifs is 2. The van der Waals surface area contributed by atoms with E-state index in [9.17, 15) is 0 Å². The minimum Gasteiger partial charge on any atom is -0.490 e. The highest BCUT2D eigenvalue weighted by atomic mass is 35.5. The number of oxazole rings is 1. The number of benzene rings is 3. The van der Waals surface area contributed by atoms with Gasteiger partial charge in [0.15, 0.2) is 5.58 Å². The van der Waals surface area contributed by atoms with Gasteiger partial charge in [-0.3, -0.25) is 4.98 Å². The van der Waals surface area contributed by atoms with Crippen molar-refractivity contribution < 1.29 is 13.9 Å². The molecule has 2 aromatic heterocycles. The van der Waals surface area contributed by atoms with Gasteiger partial charge in [-0.1, -0.05) is 23.7 Å². The highest BCUT2D eigenvalue weighted by Gasteiger charge is 2.21. The summed E-state index contributed by atoms with van der Waals surface area (Å²) in [6.07, 6.45) is 4.08. The van der Waals surface area contributed by atoms with Crippen molar-refractivity contribution in [1.29, 1.82) is 0 Å². The van der Waals surface area contributed by atoms with E-state index in [1.54, 1.807) is 6.20 Å². The summed E-state index contributed by atoms with van der Waals surface area (Å²) in [5, 5.41) is 4.74. The van der Waals surface area contributed by atoms with E-state index in [1.165, 1.54) is 6.42 Å². The number of hydrogen-bond acceptors (Lipinski definition) is 7. The molecule has 36 heavy (non-hydrogen) atoms. The zero-order valence-electron chi connectivity index (χ0n) is 19.8. The van der Waals surface area contributed by atoms with Crippen LogP contribution in [0.3, 0.4) is 0 Å². The molecule has 5 aromatic rings. The van der Waals surface area contributed by atoms with Crippen LogP contribution in [-0.4, -0.2) is 41.1 Å².